The predicted molar refractivity (Wildman–Crippen MR) is 86.0 cm³/mol. The Morgan fingerprint density at radius 2 is 1.63 bits per heavy atom. The third kappa shape index (κ3) is 3.45. The van der Waals surface area contributed by atoms with Gasteiger partial charge in [0.05, 0.1) is 10.4 Å². The van der Waals surface area contributed by atoms with Crippen molar-refractivity contribution in [3.8, 4) is 0 Å². The van der Waals surface area contributed by atoms with Gasteiger partial charge in [-0.25, -0.2) is 4.39 Å². The van der Waals surface area contributed by atoms with Crippen LogP contribution in [0, 0.1) is 5.82 Å². The molecule has 0 aliphatic rings. The average molecular weight is 447 g/mol. The second-order valence-corrected chi connectivity index (χ2v) is 6.80. The number of alkyl halides is 1. The molecule has 19 heavy (non-hydrogen) atoms. The molecule has 0 fully saturated rings. The fourth-order valence-electron chi connectivity index (χ4n) is 1.61. The lowest BCUT2D eigenvalue weighted by Gasteiger charge is -2.14. The topological polar surface area (TPSA) is 0 Å². The molecule has 0 aliphatic carbocycles. The molecule has 0 bridgehead atoms. The molecule has 1 unspecified atom stereocenters. The van der Waals surface area contributed by atoms with Crippen LogP contribution < -0.4 is 0 Å². The van der Waals surface area contributed by atoms with Crippen LogP contribution in [0.5, 0.6) is 0 Å². The standard InChI is InChI=1S/C13H6Br2Cl3F/c14-9-2-1-6(16)3-7(9)13(18)8-4-11(17)10(15)5-12(8)19/h1-5,13H. The molecule has 0 N–H and O–H groups in total. The lowest BCUT2D eigenvalue weighted by Crippen LogP contribution is -1.99. The summed E-state index contributed by atoms with van der Waals surface area (Å²) >= 11 is 24.8. The molecule has 0 aromatic heterocycles. The molecule has 1 atom stereocenters. The maximum absolute atomic E-state index is 14.0. The van der Waals surface area contributed by atoms with Crippen molar-refractivity contribution < 1.29 is 4.39 Å². The van der Waals surface area contributed by atoms with Crippen LogP contribution in [0.4, 0.5) is 4.39 Å². The minimum Gasteiger partial charge on any atom is -0.207 e. The zero-order valence-electron chi connectivity index (χ0n) is 9.23. The molecule has 0 radical (unpaired) electrons. The van der Waals surface area contributed by atoms with Gasteiger partial charge in [0.2, 0.25) is 0 Å². The van der Waals surface area contributed by atoms with E-state index in [9.17, 15) is 4.39 Å². The van der Waals surface area contributed by atoms with E-state index < -0.39 is 11.2 Å². The maximum Gasteiger partial charge on any atom is 0.129 e. The van der Waals surface area contributed by atoms with Crippen molar-refractivity contribution in [3.05, 3.63) is 66.3 Å². The van der Waals surface area contributed by atoms with E-state index in [2.05, 4.69) is 31.9 Å². The first-order chi connectivity index (χ1) is 8.90. The summed E-state index contributed by atoms with van der Waals surface area (Å²) in [6.45, 7) is 0. The molecular formula is C13H6Br2Cl3F. The van der Waals surface area contributed by atoms with E-state index in [0.29, 0.717) is 25.6 Å². The Balaban J connectivity index is 2.52. The van der Waals surface area contributed by atoms with Crippen molar-refractivity contribution in [2.75, 3.05) is 0 Å². The summed E-state index contributed by atoms with van der Waals surface area (Å²) in [4.78, 5) is 0. The van der Waals surface area contributed by atoms with Crippen molar-refractivity contribution in [2.45, 2.75) is 5.38 Å². The molecule has 0 spiro atoms. The molecule has 100 valence electrons. The summed E-state index contributed by atoms with van der Waals surface area (Å²) in [5, 5.41) is 0.256. The molecule has 2 aromatic carbocycles. The Hall–Kier alpha value is 0.200. The SMILES string of the molecule is Fc1cc(Br)c(Cl)cc1C(Cl)c1cc(Cl)ccc1Br. The summed E-state index contributed by atoms with van der Waals surface area (Å²) in [6, 6.07) is 7.99. The number of hydrogen-bond acceptors (Lipinski definition) is 0. The summed E-state index contributed by atoms with van der Waals surface area (Å²) in [5.74, 6) is -0.428. The van der Waals surface area contributed by atoms with Crippen molar-refractivity contribution in [3.63, 3.8) is 0 Å². The van der Waals surface area contributed by atoms with E-state index >= 15 is 0 Å². The highest BCUT2D eigenvalue weighted by Gasteiger charge is 2.19. The predicted octanol–water partition coefficient (Wildman–Crippen LogP) is 6.99. The van der Waals surface area contributed by atoms with Crippen molar-refractivity contribution in [1.82, 2.24) is 0 Å². The molecule has 0 saturated carbocycles. The summed E-state index contributed by atoms with van der Waals surface area (Å²) in [6.07, 6.45) is 0. The highest BCUT2D eigenvalue weighted by atomic mass is 79.9. The first-order valence-electron chi connectivity index (χ1n) is 5.13. The van der Waals surface area contributed by atoms with E-state index in [1.165, 1.54) is 12.1 Å². The number of rotatable bonds is 2. The Morgan fingerprint density at radius 3 is 2.32 bits per heavy atom. The van der Waals surface area contributed by atoms with Gasteiger partial charge in [0.15, 0.2) is 0 Å². The molecule has 0 aliphatic heterocycles. The zero-order chi connectivity index (χ0) is 14.2. The summed E-state index contributed by atoms with van der Waals surface area (Å²) < 4.78 is 15.2. The van der Waals surface area contributed by atoms with E-state index in [1.807, 2.05) is 0 Å². The van der Waals surface area contributed by atoms with Crippen LogP contribution in [0.2, 0.25) is 10.0 Å². The maximum atomic E-state index is 14.0. The molecular weight excluding hydrogens is 441 g/mol. The van der Waals surface area contributed by atoms with Gasteiger partial charge in [-0.2, -0.15) is 0 Å². The highest BCUT2D eigenvalue weighted by molar-refractivity contribution is 9.10. The molecule has 2 aromatic rings. The molecule has 2 rings (SSSR count). The third-order valence-electron chi connectivity index (χ3n) is 2.54. The van der Waals surface area contributed by atoms with Crippen LogP contribution in [0.15, 0.2) is 39.3 Å². The van der Waals surface area contributed by atoms with Crippen molar-refractivity contribution in [2.24, 2.45) is 0 Å². The van der Waals surface area contributed by atoms with Gasteiger partial charge in [-0.05, 0) is 51.8 Å². The lowest BCUT2D eigenvalue weighted by atomic mass is 10.0. The molecule has 0 amide bonds. The minimum atomic E-state index is -0.682. The zero-order valence-corrected chi connectivity index (χ0v) is 14.7. The largest absolute Gasteiger partial charge is 0.207 e. The van der Waals surface area contributed by atoms with Gasteiger partial charge in [-0.3, -0.25) is 0 Å². The first kappa shape index (κ1) is 15.6. The third-order valence-corrected chi connectivity index (χ3v) is 5.17. The first-order valence-corrected chi connectivity index (χ1v) is 7.91. The second-order valence-electron chi connectivity index (χ2n) is 3.82. The number of hydrogen-bond donors (Lipinski definition) is 0. The highest BCUT2D eigenvalue weighted by Crippen LogP contribution is 2.38. The Bertz CT molecular complexity index is 632. The van der Waals surface area contributed by atoms with Gasteiger partial charge in [-0.1, -0.05) is 39.1 Å². The molecule has 0 nitrogen and oxygen atoms in total. The molecule has 6 heteroatoms. The minimum absolute atomic E-state index is 0.304. The van der Waals surface area contributed by atoms with Crippen LogP contribution in [0.25, 0.3) is 0 Å². The quantitative estimate of drug-likeness (QED) is 0.344. The van der Waals surface area contributed by atoms with E-state index in [1.54, 1.807) is 18.2 Å². The normalized spacial score (nSPS) is 12.5. The average Bonchev–Trinajstić information content (AvgIpc) is 2.36. The second kappa shape index (κ2) is 6.31. The van der Waals surface area contributed by atoms with E-state index in [0.717, 1.165) is 4.47 Å². The van der Waals surface area contributed by atoms with Gasteiger partial charge >= 0.3 is 0 Å². The van der Waals surface area contributed by atoms with E-state index in [-0.39, 0.29) is 0 Å². The lowest BCUT2D eigenvalue weighted by molar-refractivity contribution is 0.611. The Labute approximate surface area is 142 Å². The fraction of sp³-hybridized carbons (Fsp3) is 0.0769. The van der Waals surface area contributed by atoms with Crippen molar-refractivity contribution >= 4 is 66.7 Å². The van der Waals surface area contributed by atoms with Gasteiger partial charge < -0.3 is 0 Å². The monoisotopic (exact) mass is 444 g/mol. The van der Waals surface area contributed by atoms with E-state index in [4.69, 9.17) is 34.8 Å². The molecule has 0 heterocycles. The fourth-order valence-corrected chi connectivity index (χ4v) is 3.23. The van der Waals surface area contributed by atoms with Crippen molar-refractivity contribution in [1.29, 1.82) is 0 Å². The molecule has 0 saturated heterocycles. The Morgan fingerprint density at radius 1 is 0.947 bits per heavy atom. The van der Waals surface area contributed by atoms with Crippen LogP contribution in [0.3, 0.4) is 0 Å². The van der Waals surface area contributed by atoms with Crippen LogP contribution in [-0.4, -0.2) is 0 Å². The summed E-state index contributed by atoms with van der Waals surface area (Å²) in [7, 11) is 0. The number of halogens is 6. The van der Waals surface area contributed by atoms with Gasteiger partial charge in [0, 0.05) is 19.5 Å². The van der Waals surface area contributed by atoms with Gasteiger partial charge in [-0.15, -0.1) is 11.6 Å². The van der Waals surface area contributed by atoms with Crippen LogP contribution in [0.1, 0.15) is 16.5 Å². The van der Waals surface area contributed by atoms with Crippen LogP contribution >= 0.6 is 66.7 Å². The number of benzene rings is 2. The van der Waals surface area contributed by atoms with Crippen LogP contribution in [-0.2, 0) is 0 Å². The van der Waals surface area contributed by atoms with Gasteiger partial charge in [0.25, 0.3) is 0 Å². The van der Waals surface area contributed by atoms with Gasteiger partial charge in [0.1, 0.15) is 5.82 Å². The summed E-state index contributed by atoms with van der Waals surface area (Å²) in [5.41, 5.74) is 0.990. The Kier molecular flexibility index (Phi) is 5.18. The smallest absolute Gasteiger partial charge is 0.129 e.